The highest BCUT2D eigenvalue weighted by Crippen LogP contribution is 2.30. The Labute approximate surface area is 80.4 Å². The van der Waals surface area contributed by atoms with E-state index in [1.54, 1.807) is 18.2 Å². The molecule has 72 valence electrons. The fraction of sp³-hybridized carbons (Fsp3) is 0.200. The first-order chi connectivity index (χ1) is 6.70. The Hall–Kier alpha value is -1.84. The zero-order chi connectivity index (χ0) is 10.1. The lowest BCUT2D eigenvalue weighted by Gasteiger charge is -2.22. The third-order valence-corrected chi connectivity index (χ3v) is 1.94. The standard InChI is InChI=1S/C10H8O4/c1-6(12)8-3-2-7-4-9(8)14-10(5-11)13-7/h2-5,10H,1H3. The van der Waals surface area contributed by atoms with Crippen molar-refractivity contribution in [3.8, 4) is 11.5 Å². The van der Waals surface area contributed by atoms with Gasteiger partial charge in [-0.3, -0.25) is 9.59 Å². The van der Waals surface area contributed by atoms with Crippen molar-refractivity contribution < 1.29 is 19.1 Å². The molecule has 0 saturated heterocycles. The Bertz CT molecular complexity index is 397. The predicted octanol–water partition coefficient (Wildman–Crippen LogP) is 1.19. The minimum Gasteiger partial charge on any atom is -0.448 e. The van der Waals surface area contributed by atoms with Crippen molar-refractivity contribution in [2.24, 2.45) is 0 Å². The van der Waals surface area contributed by atoms with Gasteiger partial charge in [-0.1, -0.05) is 0 Å². The topological polar surface area (TPSA) is 52.6 Å². The molecule has 0 aliphatic carbocycles. The molecular weight excluding hydrogens is 184 g/mol. The van der Waals surface area contributed by atoms with Gasteiger partial charge in [0.2, 0.25) is 6.29 Å². The molecule has 2 bridgehead atoms. The van der Waals surface area contributed by atoms with Crippen LogP contribution in [0, 0.1) is 0 Å². The molecule has 1 aliphatic heterocycles. The summed E-state index contributed by atoms with van der Waals surface area (Å²) in [6.07, 6.45) is -0.395. The molecule has 1 unspecified atom stereocenters. The monoisotopic (exact) mass is 192 g/mol. The molecule has 1 atom stereocenters. The number of benzene rings is 1. The number of fused-ring (bicyclic) bond motifs is 2. The Morgan fingerprint density at radius 2 is 2.21 bits per heavy atom. The van der Waals surface area contributed by atoms with Crippen molar-refractivity contribution in [1.82, 2.24) is 0 Å². The average molecular weight is 192 g/mol. The lowest BCUT2D eigenvalue weighted by Crippen LogP contribution is -2.28. The van der Waals surface area contributed by atoms with Gasteiger partial charge >= 0.3 is 0 Å². The second-order valence-corrected chi connectivity index (χ2v) is 2.95. The Morgan fingerprint density at radius 3 is 2.86 bits per heavy atom. The first kappa shape index (κ1) is 8.74. The third kappa shape index (κ3) is 1.35. The van der Waals surface area contributed by atoms with Crippen LogP contribution in [0.2, 0.25) is 0 Å². The number of ether oxygens (including phenoxy) is 2. The summed E-state index contributed by atoms with van der Waals surface area (Å²) < 4.78 is 10.2. The number of aldehydes is 1. The van der Waals surface area contributed by atoms with Crippen LogP contribution in [-0.2, 0) is 4.79 Å². The minimum atomic E-state index is -0.940. The molecule has 1 aliphatic rings. The first-order valence-electron chi connectivity index (χ1n) is 4.14. The number of rotatable bonds is 2. The van der Waals surface area contributed by atoms with Crippen molar-refractivity contribution >= 4 is 12.1 Å². The SMILES string of the molecule is CC(=O)c1ccc2cc1OC(C=O)O2. The van der Waals surface area contributed by atoms with Crippen LogP contribution in [0.3, 0.4) is 0 Å². The van der Waals surface area contributed by atoms with Gasteiger partial charge in [0, 0.05) is 6.07 Å². The number of hydrogen-bond donors (Lipinski definition) is 0. The Kier molecular flexibility index (Phi) is 1.96. The zero-order valence-electron chi connectivity index (χ0n) is 7.52. The van der Waals surface area contributed by atoms with E-state index < -0.39 is 6.29 Å². The number of hydrogen-bond acceptors (Lipinski definition) is 4. The van der Waals surface area contributed by atoms with Crippen LogP contribution in [0.1, 0.15) is 17.3 Å². The maximum atomic E-state index is 11.1. The van der Waals surface area contributed by atoms with Crippen LogP contribution >= 0.6 is 0 Å². The van der Waals surface area contributed by atoms with Gasteiger partial charge in [-0.2, -0.15) is 0 Å². The molecule has 0 N–H and O–H groups in total. The molecule has 4 nitrogen and oxygen atoms in total. The van der Waals surface area contributed by atoms with Gasteiger partial charge in [-0.15, -0.1) is 0 Å². The molecule has 1 aromatic carbocycles. The van der Waals surface area contributed by atoms with Gasteiger partial charge in [0.15, 0.2) is 5.78 Å². The van der Waals surface area contributed by atoms with Gasteiger partial charge in [0.1, 0.15) is 11.5 Å². The summed E-state index contributed by atoms with van der Waals surface area (Å²) in [7, 11) is 0. The lowest BCUT2D eigenvalue weighted by atomic mass is 10.1. The third-order valence-electron chi connectivity index (χ3n) is 1.94. The summed E-state index contributed by atoms with van der Waals surface area (Å²) in [4.78, 5) is 21.6. The van der Waals surface area contributed by atoms with Crippen LogP contribution in [0.25, 0.3) is 0 Å². The largest absolute Gasteiger partial charge is 0.448 e. The van der Waals surface area contributed by atoms with E-state index in [1.807, 2.05) is 0 Å². The van der Waals surface area contributed by atoms with Gasteiger partial charge < -0.3 is 9.47 Å². The van der Waals surface area contributed by atoms with Crippen LogP contribution in [-0.4, -0.2) is 18.4 Å². The minimum absolute atomic E-state index is 0.0990. The van der Waals surface area contributed by atoms with E-state index in [9.17, 15) is 9.59 Å². The number of ketones is 1. The maximum absolute atomic E-state index is 11.1. The van der Waals surface area contributed by atoms with Crippen molar-refractivity contribution in [3.05, 3.63) is 23.8 Å². The predicted molar refractivity (Wildman–Crippen MR) is 47.6 cm³/mol. The molecule has 0 amide bonds. The summed E-state index contributed by atoms with van der Waals surface area (Å²) in [5.41, 5.74) is 0.462. The zero-order valence-corrected chi connectivity index (χ0v) is 7.52. The second kappa shape index (κ2) is 3.14. The molecule has 0 radical (unpaired) electrons. The maximum Gasteiger partial charge on any atom is 0.297 e. The smallest absolute Gasteiger partial charge is 0.297 e. The molecule has 0 aromatic heterocycles. The lowest BCUT2D eigenvalue weighted by molar-refractivity contribution is -0.125. The first-order valence-corrected chi connectivity index (χ1v) is 4.14. The molecule has 0 spiro atoms. The van der Waals surface area contributed by atoms with Gasteiger partial charge in [-0.25, -0.2) is 0 Å². The molecule has 0 saturated carbocycles. The molecular formula is C10H8O4. The summed E-state index contributed by atoms with van der Waals surface area (Å²) in [5, 5.41) is 0. The highest BCUT2D eigenvalue weighted by Gasteiger charge is 2.21. The summed E-state index contributed by atoms with van der Waals surface area (Å²) in [5.74, 6) is 0.838. The molecule has 0 fully saturated rings. The molecule has 2 rings (SSSR count). The molecule has 1 heterocycles. The van der Waals surface area contributed by atoms with Gasteiger partial charge in [0.05, 0.1) is 5.56 Å². The van der Waals surface area contributed by atoms with E-state index in [4.69, 9.17) is 9.47 Å². The fourth-order valence-corrected chi connectivity index (χ4v) is 1.30. The molecule has 1 aromatic rings. The summed E-state index contributed by atoms with van der Waals surface area (Å²) in [6.45, 7) is 1.44. The van der Waals surface area contributed by atoms with Crippen molar-refractivity contribution in [2.75, 3.05) is 0 Å². The molecule has 14 heavy (non-hydrogen) atoms. The van der Waals surface area contributed by atoms with Crippen molar-refractivity contribution in [2.45, 2.75) is 13.2 Å². The van der Waals surface area contributed by atoms with E-state index in [2.05, 4.69) is 0 Å². The Morgan fingerprint density at radius 1 is 1.43 bits per heavy atom. The number of carbonyl (C=O) groups excluding carboxylic acids is 2. The van der Waals surface area contributed by atoms with Crippen molar-refractivity contribution in [3.63, 3.8) is 0 Å². The summed E-state index contributed by atoms with van der Waals surface area (Å²) >= 11 is 0. The van der Waals surface area contributed by atoms with Crippen LogP contribution in [0.4, 0.5) is 0 Å². The van der Waals surface area contributed by atoms with E-state index in [0.29, 0.717) is 23.3 Å². The highest BCUT2D eigenvalue weighted by molar-refractivity contribution is 5.97. The summed E-state index contributed by atoms with van der Waals surface area (Å²) in [6, 6.07) is 4.85. The normalized spacial score (nSPS) is 17.9. The highest BCUT2D eigenvalue weighted by atomic mass is 16.7. The Balaban J connectivity index is 2.44. The van der Waals surface area contributed by atoms with Crippen LogP contribution in [0.5, 0.6) is 11.5 Å². The fourth-order valence-electron chi connectivity index (χ4n) is 1.30. The van der Waals surface area contributed by atoms with E-state index in [0.717, 1.165) is 0 Å². The van der Waals surface area contributed by atoms with Crippen LogP contribution < -0.4 is 9.47 Å². The van der Waals surface area contributed by atoms with E-state index in [1.165, 1.54) is 6.92 Å². The number of carbonyl (C=O) groups is 2. The quantitative estimate of drug-likeness (QED) is 0.521. The van der Waals surface area contributed by atoms with E-state index in [-0.39, 0.29) is 5.78 Å². The van der Waals surface area contributed by atoms with Gasteiger partial charge in [0.25, 0.3) is 6.29 Å². The number of Topliss-reactive ketones (excluding diaryl/α,β-unsaturated/α-hetero) is 1. The van der Waals surface area contributed by atoms with Gasteiger partial charge in [-0.05, 0) is 19.1 Å². The molecule has 4 heteroatoms. The van der Waals surface area contributed by atoms with E-state index >= 15 is 0 Å². The van der Waals surface area contributed by atoms with Crippen molar-refractivity contribution in [1.29, 1.82) is 0 Å². The average Bonchev–Trinajstić information content (AvgIpc) is 2.16. The van der Waals surface area contributed by atoms with Crippen LogP contribution in [0.15, 0.2) is 18.2 Å². The second-order valence-electron chi connectivity index (χ2n) is 2.95.